The summed E-state index contributed by atoms with van der Waals surface area (Å²) in [6, 6.07) is 5.22. The van der Waals surface area contributed by atoms with Crippen molar-refractivity contribution in [2.24, 2.45) is 0 Å². The molecule has 0 aliphatic heterocycles. The van der Waals surface area contributed by atoms with Crippen molar-refractivity contribution in [2.45, 2.75) is 13.1 Å². The van der Waals surface area contributed by atoms with Crippen LogP contribution in [0.1, 0.15) is 12.5 Å². The van der Waals surface area contributed by atoms with Crippen molar-refractivity contribution in [3.63, 3.8) is 0 Å². The molecule has 0 aliphatic rings. The Hall–Kier alpha value is -2.49. The number of carbonyl (C=O) groups excluding carboxylic acids is 1. The number of alkyl halides is 3. The smallest absolute Gasteiger partial charge is 0.416 e. The monoisotopic (exact) mass is 276 g/mol. The van der Waals surface area contributed by atoms with Crippen molar-refractivity contribution < 1.29 is 23.1 Å². The van der Waals surface area contributed by atoms with Crippen LogP contribution in [0, 0.1) is 11.3 Å². The summed E-state index contributed by atoms with van der Waals surface area (Å²) < 4.78 is 36.9. The molecule has 0 aromatic heterocycles. The zero-order valence-electron chi connectivity index (χ0n) is 9.75. The van der Waals surface area contributed by atoms with Gasteiger partial charge in [-0.15, -0.1) is 0 Å². The molecule has 1 aromatic rings. The summed E-state index contributed by atoms with van der Waals surface area (Å²) in [6.45, 7) is 1.16. The molecule has 1 rings (SSSR count). The van der Waals surface area contributed by atoms with E-state index in [2.05, 4.69) is 5.32 Å². The molecule has 4 nitrogen and oxygen atoms in total. The van der Waals surface area contributed by atoms with Gasteiger partial charge >= 0.3 is 6.18 Å². The van der Waals surface area contributed by atoms with E-state index in [0.29, 0.717) is 0 Å². The zero-order chi connectivity index (χ0) is 14.6. The van der Waals surface area contributed by atoms with Gasteiger partial charge in [-0.1, -0.05) is 0 Å². The Labute approximate surface area is 106 Å². The van der Waals surface area contributed by atoms with Gasteiger partial charge in [-0.05, 0) is 31.2 Å². The number of hydrogen-bond donors (Lipinski definition) is 2. The lowest BCUT2D eigenvalue weighted by Gasteiger charge is -2.08. The normalized spacial score (nSPS) is 12.4. The fourth-order valence-electron chi connectivity index (χ4n) is 1.23. The lowest BCUT2D eigenvalue weighted by molar-refractivity contribution is -0.137. The summed E-state index contributed by atoms with van der Waals surface area (Å²) in [5, 5.41) is 19.9. The Morgan fingerprint density at radius 1 is 1.32 bits per heavy atom. The van der Waals surface area contributed by atoms with Gasteiger partial charge in [-0.25, -0.2) is 0 Å². The summed E-state index contributed by atoms with van der Waals surface area (Å²) in [7, 11) is 0. The van der Waals surface area contributed by atoms with E-state index in [4.69, 9.17) is 10.4 Å². The van der Waals surface area contributed by atoms with Crippen molar-refractivity contribution in [1.29, 1.82) is 5.26 Å². The van der Waals surface area contributed by atoms with E-state index >= 15 is 0 Å². The largest absolute Gasteiger partial charge is 0.511 e. The second kappa shape index (κ2) is 5.44. The predicted molar refractivity (Wildman–Crippen MR) is 61.0 cm³/mol. The summed E-state index contributed by atoms with van der Waals surface area (Å²) in [6.07, 6.45) is -4.46. The number of anilines is 1. The summed E-state index contributed by atoms with van der Waals surface area (Å²) in [5.74, 6) is -1.35. The molecule has 0 saturated carbocycles. The van der Waals surface area contributed by atoms with Gasteiger partial charge in [-0.3, -0.25) is 4.79 Å². The first-order valence-corrected chi connectivity index (χ1v) is 5.04. The maximum atomic E-state index is 12.3. The molecule has 100 valence electrons. The molecule has 0 aliphatic carbocycles. The van der Waals surface area contributed by atoms with E-state index in [1.54, 1.807) is 0 Å². The van der Waals surface area contributed by atoms with Gasteiger partial charge in [0.1, 0.15) is 11.8 Å². The summed E-state index contributed by atoms with van der Waals surface area (Å²) >= 11 is 0. The number of nitrogens with zero attached hydrogens (tertiary/aromatic N) is 1. The quantitative estimate of drug-likeness (QED) is 0.495. The fourth-order valence-corrected chi connectivity index (χ4v) is 1.23. The maximum absolute atomic E-state index is 12.3. The molecule has 7 heteroatoms. The number of aliphatic hydroxyl groups excluding tert-OH is 1. The number of rotatable bonds is 2. The third kappa shape index (κ3) is 3.74. The van der Waals surface area contributed by atoms with Crippen molar-refractivity contribution in [3.8, 4) is 6.07 Å². The second-order valence-electron chi connectivity index (χ2n) is 3.60. The van der Waals surface area contributed by atoms with Gasteiger partial charge in [0.05, 0.1) is 5.56 Å². The van der Waals surface area contributed by atoms with Gasteiger partial charge in [0, 0.05) is 5.69 Å². The van der Waals surface area contributed by atoms with Crippen LogP contribution in [0.5, 0.6) is 0 Å². The van der Waals surface area contributed by atoms with E-state index < -0.39 is 29.0 Å². The topological polar surface area (TPSA) is 73.1 Å². The van der Waals surface area contributed by atoms with Crippen molar-refractivity contribution in [1.82, 2.24) is 0 Å². The minimum atomic E-state index is -4.46. The average molecular weight is 276 g/mol. The lowest BCUT2D eigenvalue weighted by atomic mass is 10.2. The highest BCUT2D eigenvalue weighted by atomic mass is 19.4. The molecule has 1 amide bonds. The van der Waals surface area contributed by atoms with Gasteiger partial charge in [0.15, 0.2) is 5.57 Å². The highest BCUT2D eigenvalue weighted by Crippen LogP contribution is 2.29. The molecule has 0 heterocycles. The van der Waals surface area contributed by atoms with Gasteiger partial charge in [0.2, 0.25) is 0 Å². The van der Waals surface area contributed by atoms with E-state index in [-0.39, 0.29) is 5.69 Å². The van der Waals surface area contributed by atoms with Gasteiger partial charge in [-0.2, -0.15) is 18.4 Å². The molecule has 0 bridgehead atoms. The molecule has 0 saturated heterocycles. The minimum Gasteiger partial charge on any atom is -0.511 e. The Kier molecular flexibility index (Phi) is 4.17. The molecular formula is C12H9F3N2O2. The third-order valence-corrected chi connectivity index (χ3v) is 2.17. The third-order valence-electron chi connectivity index (χ3n) is 2.17. The first-order valence-electron chi connectivity index (χ1n) is 5.04. The van der Waals surface area contributed by atoms with Crippen LogP contribution in [0.2, 0.25) is 0 Å². The number of hydrogen-bond acceptors (Lipinski definition) is 3. The number of benzene rings is 1. The number of allylic oxidation sites excluding steroid dienone is 1. The van der Waals surface area contributed by atoms with Crippen LogP contribution in [0.15, 0.2) is 35.6 Å². The molecule has 0 spiro atoms. The summed E-state index contributed by atoms with van der Waals surface area (Å²) in [5.41, 5.74) is -1.26. The Balaban J connectivity index is 2.89. The molecule has 0 atom stereocenters. The van der Waals surface area contributed by atoms with Crippen LogP contribution < -0.4 is 5.32 Å². The highest BCUT2D eigenvalue weighted by Gasteiger charge is 2.30. The Bertz CT molecular complexity index is 550. The van der Waals surface area contributed by atoms with E-state index in [1.807, 2.05) is 0 Å². The van der Waals surface area contributed by atoms with Crippen molar-refractivity contribution in [2.75, 3.05) is 5.32 Å². The van der Waals surface area contributed by atoms with Crippen LogP contribution in [-0.2, 0) is 11.0 Å². The van der Waals surface area contributed by atoms with Crippen LogP contribution >= 0.6 is 0 Å². The predicted octanol–water partition coefficient (Wildman–Crippen LogP) is 3.00. The number of amides is 1. The van der Waals surface area contributed by atoms with E-state index in [1.165, 1.54) is 6.07 Å². The Morgan fingerprint density at radius 2 is 1.84 bits per heavy atom. The van der Waals surface area contributed by atoms with Crippen molar-refractivity contribution >= 4 is 11.6 Å². The van der Waals surface area contributed by atoms with Crippen molar-refractivity contribution in [3.05, 3.63) is 41.2 Å². The zero-order valence-corrected chi connectivity index (χ0v) is 9.75. The first kappa shape index (κ1) is 14.6. The Morgan fingerprint density at radius 3 is 2.21 bits per heavy atom. The number of nitrogens with one attached hydrogen (secondary N) is 1. The second-order valence-corrected chi connectivity index (χ2v) is 3.60. The van der Waals surface area contributed by atoms with Crippen LogP contribution in [0.25, 0.3) is 0 Å². The molecule has 19 heavy (non-hydrogen) atoms. The molecule has 0 radical (unpaired) electrons. The number of nitriles is 1. The highest BCUT2D eigenvalue weighted by molar-refractivity contribution is 6.06. The van der Waals surface area contributed by atoms with E-state index in [9.17, 15) is 18.0 Å². The molecular weight excluding hydrogens is 267 g/mol. The van der Waals surface area contributed by atoms with Crippen LogP contribution in [0.3, 0.4) is 0 Å². The number of halogens is 3. The van der Waals surface area contributed by atoms with Gasteiger partial charge in [0.25, 0.3) is 5.91 Å². The number of aliphatic hydroxyl groups is 1. The molecule has 1 aromatic carbocycles. The van der Waals surface area contributed by atoms with Gasteiger partial charge < -0.3 is 10.4 Å². The first-order chi connectivity index (χ1) is 8.75. The average Bonchev–Trinajstić information content (AvgIpc) is 2.28. The minimum absolute atomic E-state index is 0.0898. The molecule has 0 unspecified atom stereocenters. The lowest BCUT2D eigenvalue weighted by Crippen LogP contribution is -2.15. The standard InChI is InChI=1S/C12H9F3N2O2/c1-7(18)10(6-16)11(19)17-9-4-2-8(3-5-9)12(13,14)15/h2-5,18H,1H3,(H,17,19)/b10-7-/i2+1,3+1,4+1,5+1,8+1,9+1. The van der Waals surface area contributed by atoms with Crippen LogP contribution in [0.4, 0.5) is 18.9 Å². The molecule has 2 N–H and O–H groups in total. The summed E-state index contributed by atoms with van der Waals surface area (Å²) in [4.78, 5) is 11.5. The fraction of sp³-hybridized carbons (Fsp3) is 0.167. The SMILES string of the molecule is C/C(O)=C(\C#N)C(=O)N[13c]1[13cH][13cH][13c](C(F)(F)F)[13cH][13cH]1. The van der Waals surface area contributed by atoms with Crippen LogP contribution in [-0.4, -0.2) is 11.0 Å². The number of carbonyl (C=O) groups is 1. The molecule has 0 fully saturated rings. The van der Waals surface area contributed by atoms with E-state index in [0.717, 1.165) is 31.2 Å². The maximum Gasteiger partial charge on any atom is 0.416 e.